The summed E-state index contributed by atoms with van der Waals surface area (Å²) in [5.74, 6) is -0.807. The Morgan fingerprint density at radius 2 is 1.84 bits per heavy atom. The number of ketones is 1. The summed E-state index contributed by atoms with van der Waals surface area (Å²) in [6.45, 7) is 5.61. The van der Waals surface area contributed by atoms with Crippen LogP contribution in [0.4, 0.5) is 0 Å². The Morgan fingerprint density at radius 1 is 1.08 bits per heavy atom. The molecule has 0 aliphatic heterocycles. The van der Waals surface area contributed by atoms with Crippen molar-refractivity contribution in [3.8, 4) is 0 Å². The fourth-order valence-electron chi connectivity index (χ4n) is 2.18. The first-order valence-electron chi connectivity index (χ1n) is 7.97. The maximum Gasteiger partial charge on any atom is 0.338 e. The molecule has 2 aromatic rings. The van der Waals surface area contributed by atoms with Gasteiger partial charge in [0.15, 0.2) is 6.61 Å². The molecule has 1 N–H and O–H groups in total. The molecule has 25 heavy (non-hydrogen) atoms. The lowest BCUT2D eigenvalue weighted by molar-refractivity contribution is -0.118. The summed E-state index contributed by atoms with van der Waals surface area (Å²) in [5, 5.41) is 2.71. The zero-order valence-electron chi connectivity index (χ0n) is 14.5. The molecule has 2 rings (SSSR count). The predicted molar refractivity (Wildman–Crippen MR) is 97.2 cm³/mol. The first kappa shape index (κ1) is 18.9. The van der Waals surface area contributed by atoms with Crippen molar-refractivity contribution < 1.29 is 19.1 Å². The van der Waals surface area contributed by atoms with Gasteiger partial charge in [0.25, 0.3) is 0 Å². The Kier molecular flexibility index (Phi) is 6.47. The van der Waals surface area contributed by atoms with Crippen LogP contribution >= 0.6 is 11.3 Å². The normalized spacial score (nSPS) is 10.4. The highest BCUT2D eigenvalue weighted by atomic mass is 32.1. The van der Waals surface area contributed by atoms with E-state index in [4.69, 9.17) is 4.74 Å². The standard InChI is InChI=1S/C19H21NO4S/c1-12-4-5-15(10-13(12)2)19(23)24-11-17(22)18-7-6-16(25-18)8-9-20-14(3)21/h4-7,10H,8-9,11H2,1-3H3,(H,20,21). The number of aryl methyl sites for hydroxylation is 2. The SMILES string of the molecule is CC(=O)NCCc1ccc(C(=O)COC(=O)c2ccc(C)c(C)c2)s1. The molecule has 0 bridgehead atoms. The largest absolute Gasteiger partial charge is 0.454 e. The van der Waals surface area contributed by atoms with Gasteiger partial charge in [-0.05, 0) is 55.7 Å². The third-order valence-corrected chi connectivity index (χ3v) is 4.94. The topological polar surface area (TPSA) is 72.5 Å². The molecule has 6 heteroatoms. The molecule has 0 saturated carbocycles. The molecule has 0 unspecified atom stereocenters. The summed E-state index contributed by atoms with van der Waals surface area (Å²) >= 11 is 1.35. The minimum atomic E-state index is -0.501. The van der Waals surface area contributed by atoms with Crippen molar-refractivity contribution in [2.45, 2.75) is 27.2 Å². The van der Waals surface area contributed by atoms with Crippen LogP contribution in [-0.2, 0) is 16.0 Å². The minimum absolute atomic E-state index is 0.0777. The molecule has 0 fully saturated rings. The lowest BCUT2D eigenvalue weighted by Crippen LogP contribution is -2.22. The summed E-state index contributed by atoms with van der Waals surface area (Å²) in [4.78, 5) is 36.6. The molecular weight excluding hydrogens is 338 g/mol. The molecule has 0 aliphatic rings. The number of benzene rings is 1. The second-order valence-electron chi connectivity index (χ2n) is 5.80. The van der Waals surface area contributed by atoms with Gasteiger partial charge in [0, 0.05) is 18.3 Å². The summed E-state index contributed by atoms with van der Waals surface area (Å²) in [6, 6.07) is 8.88. The Labute approximate surface area is 151 Å². The van der Waals surface area contributed by atoms with Crippen molar-refractivity contribution in [3.63, 3.8) is 0 Å². The number of hydrogen-bond donors (Lipinski definition) is 1. The van der Waals surface area contributed by atoms with Crippen LogP contribution in [0.5, 0.6) is 0 Å². The monoisotopic (exact) mass is 359 g/mol. The van der Waals surface area contributed by atoms with Gasteiger partial charge in [-0.2, -0.15) is 0 Å². The number of hydrogen-bond acceptors (Lipinski definition) is 5. The van der Waals surface area contributed by atoms with Crippen LogP contribution in [0.3, 0.4) is 0 Å². The highest BCUT2D eigenvalue weighted by Gasteiger charge is 2.14. The molecule has 5 nitrogen and oxygen atoms in total. The third kappa shape index (κ3) is 5.53. The smallest absolute Gasteiger partial charge is 0.338 e. The summed E-state index contributed by atoms with van der Waals surface area (Å²) in [6.07, 6.45) is 0.667. The highest BCUT2D eigenvalue weighted by Crippen LogP contribution is 2.18. The first-order chi connectivity index (χ1) is 11.9. The lowest BCUT2D eigenvalue weighted by atomic mass is 10.1. The Bertz CT molecular complexity index is 794. The molecule has 1 aromatic heterocycles. The second kappa shape index (κ2) is 8.58. The van der Waals surface area contributed by atoms with E-state index in [2.05, 4.69) is 5.32 Å². The molecule has 1 heterocycles. The molecule has 132 valence electrons. The van der Waals surface area contributed by atoms with Crippen LogP contribution in [0.1, 0.15) is 43.0 Å². The maximum atomic E-state index is 12.2. The van der Waals surface area contributed by atoms with E-state index in [1.54, 1.807) is 18.2 Å². The zero-order valence-corrected chi connectivity index (χ0v) is 15.4. The van der Waals surface area contributed by atoms with Crippen LogP contribution in [0.2, 0.25) is 0 Å². The Balaban J connectivity index is 1.87. The minimum Gasteiger partial charge on any atom is -0.454 e. The van der Waals surface area contributed by atoms with Crippen LogP contribution in [0.15, 0.2) is 30.3 Å². The number of esters is 1. The highest BCUT2D eigenvalue weighted by molar-refractivity contribution is 7.14. The summed E-state index contributed by atoms with van der Waals surface area (Å²) < 4.78 is 5.12. The van der Waals surface area contributed by atoms with Crippen LogP contribution < -0.4 is 5.32 Å². The van der Waals surface area contributed by atoms with Gasteiger partial charge < -0.3 is 10.1 Å². The molecule has 1 amide bonds. The van der Waals surface area contributed by atoms with E-state index in [0.29, 0.717) is 23.4 Å². The van der Waals surface area contributed by atoms with E-state index in [-0.39, 0.29) is 18.3 Å². The molecule has 0 aliphatic carbocycles. The van der Waals surface area contributed by atoms with Crippen molar-refractivity contribution in [2.24, 2.45) is 0 Å². The molecule has 0 saturated heterocycles. The van der Waals surface area contributed by atoms with E-state index >= 15 is 0 Å². The molecule has 0 spiro atoms. The summed E-state index contributed by atoms with van der Waals surface area (Å²) in [7, 11) is 0. The fraction of sp³-hybridized carbons (Fsp3) is 0.316. The van der Waals surface area contributed by atoms with E-state index in [0.717, 1.165) is 16.0 Å². The van der Waals surface area contributed by atoms with Crippen molar-refractivity contribution in [2.75, 3.05) is 13.2 Å². The molecule has 0 atom stereocenters. The van der Waals surface area contributed by atoms with Gasteiger partial charge in [0.1, 0.15) is 0 Å². The molecule has 0 radical (unpaired) electrons. The van der Waals surface area contributed by atoms with Crippen LogP contribution in [0.25, 0.3) is 0 Å². The third-order valence-electron chi connectivity index (χ3n) is 3.76. The fourth-order valence-corrected chi connectivity index (χ4v) is 3.11. The van der Waals surface area contributed by atoms with Crippen molar-refractivity contribution in [3.05, 3.63) is 56.8 Å². The van der Waals surface area contributed by atoms with Crippen LogP contribution in [-0.4, -0.2) is 30.8 Å². The van der Waals surface area contributed by atoms with Gasteiger partial charge in [0.2, 0.25) is 11.7 Å². The number of amides is 1. The number of thiophene rings is 1. The maximum absolute atomic E-state index is 12.2. The number of rotatable bonds is 7. The average molecular weight is 359 g/mol. The Morgan fingerprint density at radius 3 is 2.52 bits per heavy atom. The van der Waals surface area contributed by atoms with Gasteiger partial charge in [-0.3, -0.25) is 9.59 Å². The average Bonchev–Trinajstić information content (AvgIpc) is 3.03. The second-order valence-corrected chi connectivity index (χ2v) is 6.97. The van der Waals surface area contributed by atoms with Crippen molar-refractivity contribution >= 4 is 29.0 Å². The van der Waals surface area contributed by atoms with E-state index in [1.165, 1.54) is 18.3 Å². The molecule has 1 aromatic carbocycles. The Hall–Kier alpha value is -2.47. The number of Topliss-reactive ketones (excluding diaryl/α,β-unsaturated/α-hetero) is 1. The number of carbonyl (C=O) groups is 3. The quantitative estimate of drug-likeness (QED) is 0.609. The predicted octanol–water partition coefficient (Wildman–Crippen LogP) is 3.08. The first-order valence-corrected chi connectivity index (χ1v) is 8.79. The number of ether oxygens (including phenoxy) is 1. The van der Waals surface area contributed by atoms with Gasteiger partial charge >= 0.3 is 5.97 Å². The van der Waals surface area contributed by atoms with Gasteiger partial charge in [-0.15, -0.1) is 11.3 Å². The van der Waals surface area contributed by atoms with E-state index < -0.39 is 5.97 Å². The van der Waals surface area contributed by atoms with E-state index in [1.807, 2.05) is 26.0 Å². The lowest BCUT2D eigenvalue weighted by Gasteiger charge is -2.05. The van der Waals surface area contributed by atoms with Gasteiger partial charge in [-0.25, -0.2) is 4.79 Å². The van der Waals surface area contributed by atoms with Crippen molar-refractivity contribution in [1.29, 1.82) is 0 Å². The zero-order chi connectivity index (χ0) is 18.4. The van der Waals surface area contributed by atoms with Crippen molar-refractivity contribution in [1.82, 2.24) is 5.32 Å². The number of carbonyl (C=O) groups excluding carboxylic acids is 3. The van der Waals surface area contributed by atoms with Gasteiger partial charge in [0.05, 0.1) is 10.4 Å². The van der Waals surface area contributed by atoms with Gasteiger partial charge in [-0.1, -0.05) is 6.07 Å². The van der Waals surface area contributed by atoms with E-state index in [9.17, 15) is 14.4 Å². The molecular formula is C19H21NO4S. The van der Waals surface area contributed by atoms with Crippen LogP contribution in [0, 0.1) is 13.8 Å². The summed E-state index contributed by atoms with van der Waals surface area (Å²) in [5.41, 5.74) is 2.54. The number of nitrogens with one attached hydrogen (secondary N) is 1.